The number of fused-ring (bicyclic) bond motifs is 1. The van der Waals surface area contributed by atoms with Crippen LogP contribution in [-0.4, -0.2) is 29.4 Å². The molecule has 0 saturated carbocycles. The first kappa shape index (κ1) is 22.8. The van der Waals surface area contributed by atoms with E-state index in [9.17, 15) is 9.50 Å². The monoisotopic (exact) mass is 466 g/mol. The number of halogens is 1. The SMILES string of the molecule is CNCC(O)C(c1cccc(F)c1)n1cc(-c2ccccc2Oc2ccccc2)c2ccccc21. The second-order valence-electron chi connectivity index (χ2n) is 8.50. The summed E-state index contributed by atoms with van der Waals surface area (Å²) in [6.45, 7) is 0.358. The van der Waals surface area contributed by atoms with Gasteiger partial charge in [0.2, 0.25) is 0 Å². The smallest absolute Gasteiger partial charge is 0.135 e. The Morgan fingerprint density at radius 3 is 2.40 bits per heavy atom. The summed E-state index contributed by atoms with van der Waals surface area (Å²) in [6.07, 6.45) is 1.26. The van der Waals surface area contributed by atoms with Crippen LogP contribution in [0.1, 0.15) is 11.6 Å². The minimum absolute atomic E-state index is 0.331. The largest absolute Gasteiger partial charge is 0.457 e. The third-order valence-electron chi connectivity index (χ3n) is 6.16. The number of benzene rings is 4. The minimum Gasteiger partial charge on any atom is -0.457 e. The Kier molecular flexibility index (Phi) is 6.62. The summed E-state index contributed by atoms with van der Waals surface area (Å²) in [6, 6.07) is 31.6. The standard InChI is InChI=1S/C30H27FN2O2/c1-32-19-28(34)30(21-10-9-11-22(31)18-21)33-20-26(24-14-5-7-16-27(24)33)25-15-6-8-17-29(25)35-23-12-3-2-4-13-23/h2-18,20,28,30,32,34H,19H2,1H3. The quantitative estimate of drug-likeness (QED) is 0.278. The van der Waals surface area contributed by atoms with Crippen LogP contribution in [0.4, 0.5) is 4.39 Å². The Morgan fingerprint density at radius 2 is 1.60 bits per heavy atom. The lowest BCUT2D eigenvalue weighted by Gasteiger charge is -2.26. The highest BCUT2D eigenvalue weighted by atomic mass is 19.1. The van der Waals surface area contributed by atoms with Crippen molar-refractivity contribution in [3.8, 4) is 22.6 Å². The maximum atomic E-state index is 14.2. The fraction of sp³-hybridized carbons (Fsp3) is 0.133. The summed E-state index contributed by atoms with van der Waals surface area (Å²) in [5.41, 5.74) is 3.56. The first-order valence-corrected chi connectivity index (χ1v) is 11.7. The van der Waals surface area contributed by atoms with Gasteiger partial charge in [-0.05, 0) is 49.0 Å². The Labute approximate surface area is 204 Å². The van der Waals surface area contributed by atoms with Gasteiger partial charge in [0.25, 0.3) is 0 Å². The summed E-state index contributed by atoms with van der Waals surface area (Å²) in [5.74, 6) is 1.16. The van der Waals surface area contributed by atoms with E-state index < -0.39 is 12.1 Å². The highest BCUT2D eigenvalue weighted by molar-refractivity contribution is 5.97. The van der Waals surface area contributed by atoms with Gasteiger partial charge in [-0.3, -0.25) is 0 Å². The number of hydrogen-bond donors (Lipinski definition) is 2. The van der Waals surface area contributed by atoms with Crippen LogP contribution < -0.4 is 10.1 Å². The number of nitrogens with zero attached hydrogens (tertiary/aromatic N) is 1. The van der Waals surface area contributed by atoms with E-state index >= 15 is 0 Å². The van der Waals surface area contributed by atoms with Crippen LogP contribution in [0.25, 0.3) is 22.0 Å². The molecular formula is C30H27FN2O2. The summed E-state index contributed by atoms with van der Waals surface area (Å²) >= 11 is 0. The third kappa shape index (κ3) is 4.69. The molecule has 0 bridgehead atoms. The second-order valence-corrected chi connectivity index (χ2v) is 8.50. The molecular weight excluding hydrogens is 439 g/mol. The molecule has 5 rings (SSSR count). The minimum atomic E-state index is -0.777. The van der Waals surface area contributed by atoms with Gasteiger partial charge >= 0.3 is 0 Å². The predicted molar refractivity (Wildman–Crippen MR) is 138 cm³/mol. The molecule has 2 atom stereocenters. The zero-order valence-electron chi connectivity index (χ0n) is 19.4. The van der Waals surface area contributed by atoms with E-state index in [1.54, 1.807) is 13.1 Å². The molecule has 0 aliphatic heterocycles. The number of likely N-dealkylation sites (N-methyl/N-ethyl adjacent to an activating group) is 1. The molecule has 0 radical (unpaired) electrons. The molecule has 2 unspecified atom stereocenters. The number of aliphatic hydroxyl groups is 1. The number of ether oxygens (including phenoxy) is 1. The lowest BCUT2D eigenvalue weighted by Crippen LogP contribution is -2.33. The number of rotatable bonds is 8. The van der Waals surface area contributed by atoms with E-state index in [1.165, 1.54) is 12.1 Å². The van der Waals surface area contributed by atoms with Crippen LogP contribution >= 0.6 is 0 Å². The van der Waals surface area contributed by atoms with Gasteiger partial charge in [-0.25, -0.2) is 4.39 Å². The van der Waals surface area contributed by atoms with Crippen LogP contribution in [0.2, 0.25) is 0 Å². The second kappa shape index (κ2) is 10.1. The number of aromatic nitrogens is 1. The van der Waals surface area contributed by atoms with Crippen LogP contribution in [0.15, 0.2) is 109 Å². The molecule has 0 aliphatic carbocycles. The van der Waals surface area contributed by atoms with Crippen molar-refractivity contribution < 1.29 is 14.2 Å². The molecule has 35 heavy (non-hydrogen) atoms. The Bertz CT molecular complexity index is 1430. The van der Waals surface area contributed by atoms with Crippen LogP contribution in [-0.2, 0) is 0 Å². The van der Waals surface area contributed by atoms with E-state index in [1.807, 2.05) is 89.6 Å². The fourth-order valence-corrected chi connectivity index (χ4v) is 4.62. The molecule has 0 saturated heterocycles. The summed E-state index contributed by atoms with van der Waals surface area (Å²) in [4.78, 5) is 0. The molecule has 5 aromatic rings. The van der Waals surface area contributed by atoms with Crippen molar-refractivity contribution in [2.24, 2.45) is 0 Å². The van der Waals surface area contributed by atoms with Crippen molar-refractivity contribution in [2.45, 2.75) is 12.1 Å². The average molecular weight is 467 g/mol. The zero-order valence-corrected chi connectivity index (χ0v) is 19.4. The van der Waals surface area contributed by atoms with Crippen LogP contribution in [0.5, 0.6) is 11.5 Å². The van der Waals surface area contributed by atoms with Gasteiger partial charge in [0, 0.05) is 34.8 Å². The first-order chi connectivity index (χ1) is 17.2. The van der Waals surface area contributed by atoms with Gasteiger partial charge in [0.05, 0.1) is 12.1 Å². The molecule has 0 fully saturated rings. The maximum Gasteiger partial charge on any atom is 0.135 e. The highest BCUT2D eigenvalue weighted by Gasteiger charge is 2.26. The predicted octanol–water partition coefficient (Wildman–Crippen LogP) is 6.41. The van der Waals surface area contributed by atoms with Gasteiger partial charge in [-0.1, -0.05) is 66.7 Å². The van der Waals surface area contributed by atoms with Crippen molar-refractivity contribution in [3.05, 3.63) is 121 Å². The molecule has 0 amide bonds. The average Bonchev–Trinajstić information content (AvgIpc) is 3.25. The topological polar surface area (TPSA) is 46.4 Å². The van der Waals surface area contributed by atoms with Gasteiger partial charge in [-0.2, -0.15) is 0 Å². The number of nitrogens with one attached hydrogen (secondary N) is 1. The van der Waals surface area contributed by atoms with Crippen molar-refractivity contribution in [3.63, 3.8) is 0 Å². The number of hydrogen-bond acceptors (Lipinski definition) is 3. The van der Waals surface area contributed by atoms with Gasteiger partial charge in [0.1, 0.15) is 17.3 Å². The van der Waals surface area contributed by atoms with Crippen molar-refractivity contribution in [1.29, 1.82) is 0 Å². The van der Waals surface area contributed by atoms with Crippen LogP contribution in [0, 0.1) is 5.82 Å². The summed E-state index contributed by atoms with van der Waals surface area (Å²) < 4.78 is 22.5. The lowest BCUT2D eigenvalue weighted by atomic mass is 10.0. The summed E-state index contributed by atoms with van der Waals surface area (Å²) in [5, 5.41) is 15.2. The third-order valence-corrected chi connectivity index (χ3v) is 6.16. The molecule has 0 aliphatic rings. The van der Waals surface area contributed by atoms with Gasteiger partial charge in [0.15, 0.2) is 0 Å². The van der Waals surface area contributed by atoms with Gasteiger partial charge in [-0.15, -0.1) is 0 Å². The Hall–Kier alpha value is -3.93. The molecule has 4 nitrogen and oxygen atoms in total. The molecule has 4 aromatic carbocycles. The van der Waals surface area contributed by atoms with E-state index in [0.717, 1.165) is 33.5 Å². The fourth-order valence-electron chi connectivity index (χ4n) is 4.62. The number of aliphatic hydroxyl groups excluding tert-OH is 1. The van der Waals surface area contributed by atoms with E-state index in [-0.39, 0.29) is 5.82 Å². The molecule has 0 spiro atoms. The van der Waals surface area contributed by atoms with E-state index in [4.69, 9.17) is 4.74 Å². The maximum absolute atomic E-state index is 14.2. The molecule has 2 N–H and O–H groups in total. The van der Waals surface area contributed by atoms with Crippen molar-refractivity contribution in [2.75, 3.05) is 13.6 Å². The normalized spacial score (nSPS) is 13.0. The van der Waals surface area contributed by atoms with E-state index in [0.29, 0.717) is 12.1 Å². The molecule has 1 heterocycles. The highest BCUT2D eigenvalue weighted by Crippen LogP contribution is 2.40. The lowest BCUT2D eigenvalue weighted by molar-refractivity contribution is 0.132. The van der Waals surface area contributed by atoms with Crippen molar-refractivity contribution >= 4 is 10.9 Å². The Morgan fingerprint density at radius 1 is 0.857 bits per heavy atom. The van der Waals surface area contributed by atoms with E-state index in [2.05, 4.69) is 11.4 Å². The van der Waals surface area contributed by atoms with Crippen molar-refractivity contribution in [1.82, 2.24) is 9.88 Å². The first-order valence-electron chi connectivity index (χ1n) is 11.7. The molecule has 5 heteroatoms. The van der Waals surface area contributed by atoms with Gasteiger partial charge < -0.3 is 19.7 Å². The number of para-hydroxylation sites is 3. The van der Waals surface area contributed by atoms with Crippen LogP contribution in [0.3, 0.4) is 0 Å². The zero-order chi connectivity index (χ0) is 24.2. The molecule has 176 valence electrons. The summed E-state index contributed by atoms with van der Waals surface area (Å²) in [7, 11) is 1.79. The Balaban J connectivity index is 1.68. The molecule has 1 aromatic heterocycles.